The number of methoxy groups -OCH3 is 2. The maximum Gasteiger partial charge on any atom is 0.342 e. The molecule has 0 heterocycles. The maximum absolute atomic E-state index is 12.0. The molecule has 0 bridgehead atoms. The molecule has 8 heteroatoms. The standard InChI is InChI=1S/C17H16ClNO6/c1-23-11-4-5-12(14(20)8-11)17(22)25-9-16(21)19-13-7-10(18)3-6-15(13)24-2/h3-8,20H,9H2,1-2H3,(H,19,21). The Labute approximate surface area is 149 Å². The Hall–Kier alpha value is -2.93. The first kappa shape index (κ1) is 18.4. The first-order valence-corrected chi connectivity index (χ1v) is 7.50. The van der Waals surface area contributed by atoms with E-state index in [2.05, 4.69) is 5.32 Å². The summed E-state index contributed by atoms with van der Waals surface area (Å²) in [5, 5.41) is 12.7. The van der Waals surface area contributed by atoms with Gasteiger partial charge >= 0.3 is 5.97 Å². The number of amides is 1. The van der Waals surface area contributed by atoms with Crippen LogP contribution in [0.25, 0.3) is 0 Å². The van der Waals surface area contributed by atoms with Crippen molar-refractivity contribution in [2.24, 2.45) is 0 Å². The van der Waals surface area contributed by atoms with Crippen LogP contribution in [0.1, 0.15) is 10.4 Å². The molecule has 25 heavy (non-hydrogen) atoms. The largest absolute Gasteiger partial charge is 0.507 e. The fourth-order valence-corrected chi connectivity index (χ4v) is 2.16. The molecule has 0 fully saturated rings. The van der Waals surface area contributed by atoms with Gasteiger partial charge in [-0.25, -0.2) is 4.79 Å². The van der Waals surface area contributed by atoms with E-state index in [1.165, 1.54) is 38.5 Å². The molecule has 0 aliphatic heterocycles. The Balaban J connectivity index is 1.98. The van der Waals surface area contributed by atoms with Crippen LogP contribution in [-0.4, -0.2) is 37.8 Å². The SMILES string of the molecule is COc1ccc(C(=O)OCC(=O)Nc2cc(Cl)ccc2OC)c(O)c1. The second-order valence-electron chi connectivity index (χ2n) is 4.85. The van der Waals surface area contributed by atoms with Gasteiger partial charge in [-0.05, 0) is 30.3 Å². The molecule has 2 aromatic carbocycles. The topological polar surface area (TPSA) is 94.1 Å². The first-order valence-electron chi connectivity index (χ1n) is 7.12. The van der Waals surface area contributed by atoms with E-state index in [1.54, 1.807) is 12.1 Å². The lowest BCUT2D eigenvalue weighted by molar-refractivity contribution is -0.119. The predicted octanol–water partition coefficient (Wildman–Crippen LogP) is 2.86. The molecular weight excluding hydrogens is 350 g/mol. The fraction of sp³-hybridized carbons (Fsp3) is 0.176. The minimum Gasteiger partial charge on any atom is -0.507 e. The van der Waals surface area contributed by atoms with Gasteiger partial charge in [0.2, 0.25) is 0 Å². The molecule has 0 atom stereocenters. The molecule has 0 saturated carbocycles. The number of halogens is 1. The van der Waals surface area contributed by atoms with E-state index in [0.717, 1.165) is 0 Å². The summed E-state index contributed by atoms with van der Waals surface area (Å²) in [6, 6.07) is 8.83. The average Bonchev–Trinajstić information content (AvgIpc) is 2.59. The third-order valence-corrected chi connectivity index (χ3v) is 3.43. The van der Waals surface area contributed by atoms with Gasteiger partial charge in [-0.2, -0.15) is 0 Å². The zero-order valence-corrected chi connectivity index (χ0v) is 14.3. The number of rotatable bonds is 6. The number of nitrogens with one attached hydrogen (secondary N) is 1. The highest BCUT2D eigenvalue weighted by Crippen LogP contribution is 2.27. The molecule has 1 amide bonds. The Morgan fingerprint density at radius 3 is 2.52 bits per heavy atom. The number of phenolic OH excluding ortho intramolecular Hbond substituents is 1. The number of aromatic hydroxyl groups is 1. The molecule has 0 spiro atoms. The normalized spacial score (nSPS) is 10.0. The maximum atomic E-state index is 12.0. The zero-order valence-electron chi connectivity index (χ0n) is 13.5. The van der Waals surface area contributed by atoms with Crippen molar-refractivity contribution in [2.75, 3.05) is 26.1 Å². The van der Waals surface area contributed by atoms with E-state index >= 15 is 0 Å². The van der Waals surface area contributed by atoms with Gasteiger partial charge in [-0.1, -0.05) is 11.6 Å². The molecule has 0 aliphatic rings. The number of ether oxygens (including phenoxy) is 3. The predicted molar refractivity (Wildman–Crippen MR) is 91.6 cm³/mol. The van der Waals surface area contributed by atoms with Crippen LogP contribution in [0.5, 0.6) is 17.2 Å². The minimum absolute atomic E-state index is 0.0751. The van der Waals surface area contributed by atoms with Gasteiger partial charge in [-0.3, -0.25) is 4.79 Å². The molecule has 2 aromatic rings. The third kappa shape index (κ3) is 4.77. The minimum atomic E-state index is -0.839. The van der Waals surface area contributed by atoms with Gasteiger partial charge in [0.15, 0.2) is 6.61 Å². The van der Waals surface area contributed by atoms with Crippen molar-refractivity contribution in [1.29, 1.82) is 0 Å². The van der Waals surface area contributed by atoms with Gasteiger partial charge in [0.05, 0.1) is 19.9 Å². The molecule has 0 unspecified atom stereocenters. The average molecular weight is 366 g/mol. The van der Waals surface area contributed by atoms with E-state index in [0.29, 0.717) is 22.2 Å². The van der Waals surface area contributed by atoms with Crippen molar-refractivity contribution in [3.63, 3.8) is 0 Å². The van der Waals surface area contributed by atoms with Crippen LogP contribution in [0.15, 0.2) is 36.4 Å². The van der Waals surface area contributed by atoms with Gasteiger partial charge in [0.1, 0.15) is 22.8 Å². The molecular formula is C17H16ClNO6. The van der Waals surface area contributed by atoms with Gasteiger partial charge in [-0.15, -0.1) is 0 Å². The Morgan fingerprint density at radius 2 is 1.88 bits per heavy atom. The number of hydrogen-bond acceptors (Lipinski definition) is 6. The highest BCUT2D eigenvalue weighted by molar-refractivity contribution is 6.31. The third-order valence-electron chi connectivity index (χ3n) is 3.19. The summed E-state index contributed by atoms with van der Waals surface area (Å²) in [6.45, 7) is -0.542. The lowest BCUT2D eigenvalue weighted by Crippen LogP contribution is -2.21. The monoisotopic (exact) mass is 365 g/mol. The van der Waals surface area contributed by atoms with Crippen LogP contribution in [0.4, 0.5) is 5.69 Å². The van der Waals surface area contributed by atoms with Crippen LogP contribution in [-0.2, 0) is 9.53 Å². The molecule has 0 aromatic heterocycles. The Bertz CT molecular complexity index is 793. The number of benzene rings is 2. The van der Waals surface area contributed by atoms with Crippen LogP contribution >= 0.6 is 11.6 Å². The Kier molecular flexibility index (Phi) is 6.08. The highest BCUT2D eigenvalue weighted by Gasteiger charge is 2.16. The van der Waals surface area contributed by atoms with Crippen molar-refractivity contribution in [3.8, 4) is 17.2 Å². The van der Waals surface area contributed by atoms with Crippen LogP contribution in [0.3, 0.4) is 0 Å². The molecule has 132 valence electrons. The lowest BCUT2D eigenvalue weighted by atomic mass is 10.2. The van der Waals surface area contributed by atoms with E-state index in [9.17, 15) is 14.7 Å². The van der Waals surface area contributed by atoms with Gasteiger partial charge < -0.3 is 24.6 Å². The lowest BCUT2D eigenvalue weighted by Gasteiger charge is -2.11. The first-order chi connectivity index (χ1) is 11.9. The van der Waals surface area contributed by atoms with Crippen molar-refractivity contribution in [3.05, 3.63) is 47.0 Å². The number of carbonyl (C=O) groups is 2. The molecule has 0 aliphatic carbocycles. The second kappa shape index (κ2) is 8.25. The molecule has 0 radical (unpaired) electrons. The van der Waals surface area contributed by atoms with Crippen molar-refractivity contribution < 1.29 is 28.9 Å². The summed E-state index contributed by atoms with van der Waals surface area (Å²) in [5.41, 5.74) is 0.275. The van der Waals surface area contributed by atoms with E-state index in [1.807, 2.05) is 0 Å². The van der Waals surface area contributed by atoms with Crippen molar-refractivity contribution >= 4 is 29.2 Å². The van der Waals surface area contributed by atoms with Crippen LogP contribution in [0, 0.1) is 0 Å². The van der Waals surface area contributed by atoms with Crippen molar-refractivity contribution in [1.82, 2.24) is 0 Å². The number of carbonyl (C=O) groups excluding carboxylic acids is 2. The summed E-state index contributed by atoms with van der Waals surface area (Å²) < 4.78 is 14.9. The van der Waals surface area contributed by atoms with Gasteiger partial charge in [0.25, 0.3) is 5.91 Å². The van der Waals surface area contributed by atoms with E-state index < -0.39 is 18.5 Å². The second-order valence-corrected chi connectivity index (χ2v) is 5.29. The van der Waals surface area contributed by atoms with Crippen molar-refractivity contribution in [2.45, 2.75) is 0 Å². The summed E-state index contributed by atoms with van der Waals surface area (Å²) >= 11 is 5.88. The van der Waals surface area contributed by atoms with Crippen LogP contribution in [0.2, 0.25) is 5.02 Å². The Morgan fingerprint density at radius 1 is 1.12 bits per heavy atom. The molecule has 2 rings (SSSR count). The number of esters is 1. The van der Waals surface area contributed by atoms with E-state index in [4.69, 9.17) is 25.8 Å². The number of phenols is 1. The fourth-order valence-electron chi connectivity index (χ4n) is 1.98. The summed E-state index contributed by atoms with van der Waals surface area (Å²) in [5.74, 6) is -0.923. The molecule has 0 saturated heterocycles. The van der Waals surface area contributed by atoms with Gasteiger partial charge in [0, 0.05) is 11.1 Å². The van der Waals surface area contributed by atoms with Crippen LogP contribution < -0.4 is 14.8 Å². The number of hydrogen-bond donors (Lipinski definition) is 2. The quantitative estimate of drug-likeness (QED) is 0.764. The summed E-state index contributed by atoms with van der Waals surface area (Å²) in [4.78, 5) is 23.9. The zero-order chi connectivity index (χ0) is 18.4. The molecule has 2 N–H and O–H groups in total. The smallest absolute Gasteiger partial charge is 0.342 e. The number of anilines is 1. The highest BCUT2D eigenvalue weighted by atomic mass is 35.5. The molecule has 7 nitrogen and oxygen atoms in total. The van der Waals surface area contributed by atoms with E-state index in [-0.39, 0.29) is 11.3 Å². The summed E-state index contributed by atoms with van der Waals surface area (Å²) in [6.07, 6.45) is 0. The summed E-state index contributed by atoms with van der Waals surface area (Å²) in [7, 11) is 2.88.